The van der Waals surface area contributed by atoms with Gasteiger partial charge in [-0.2, -0.15) is 0 Å². The quantitative estimate of drug-likeness (QED) is 0.543. The van der Waals surface area contributed by atoms with Crippen LogP contribution in [0.2, 0.25) is 0 Å². The number of rotatable bonds is 6. The second-order valence-corrected chi connectivity index (χ2v) is 8.81. The molecule has 1 saturated carbocycles. The Balaban J connectivity index is 1.67. The van der Waals surface area contributed by atoms with E-state index in [2.05, 4.69) is 58.4 Å². The number of nitrogens with zero attached hydrogens (tertiary/aromatic N) is 1. The third-order valence-corrected chi connectivity index (χ3v) is 3.81. The van der Waals surface area contributed by atoms with Crippen LogP contribution in [-0.4, -0.2) is 35.0 Å². The molecule has 2 rings (SSSR count). The third-order valence-electron chi connectivity index (χ3n) is 3.81. The summed E-state index contributed by atoms with van der Waals surface area (Å²) in [5.74, 6) is 7.04. The second-order valence-electron chi connectivity index (χ2n) is 8.81. The predicted molar refractivity (Wildman–Crippen MR) is 104 cm³/mol. The van der Waals surface area contributed by atoms with Crippen LogP contribution in [0.3, 0.4) is 0 Å². The van der Waals surface area contributed by atoms with Crippen molar-refractivity contribution in [2.45, 2.75) is 90.6 Å². The Labute approximate surface area is 158 Å². The first kappa shape index (κ1) is 20.7. The first-order chi connectivity index (χ1) is 12.1. The summed E-state index contributed by atoms with van der Waals surface area (Å²) in [6.45, 7) is 13.2. The molecule has 1 fully saturated rings. The van der Waals surface area contributed by atoms with Gasteiger partial charge in [0.15, 0.2) is 0 Å². The number of unbranched alkanes of at least 4 members (excludes halogenated alkanes) is 1. The molecular formula is C22H33NO3. The molecular weight excluding hydrogens is 326 g/mol. The molecule has 4 nitrogen and oxygen atoms in total. The van der Waals surface area contributed by atoms with Gasteiger partial charge in [0.05, 0.1) is 23.5 Å². The summed E-state index contributed by atoms with van der Waals surface area (Å²) in [5, 5.41) is 0. The van der Waals surface area contributed by atoms with Gasteiger partial charge in [0.2, 0.25) is 0 Å². The van der Waals surface area contributed by atoms with Crippen molar-refractivity contribution in [1.82, 2.24) is 4.98 Å². The Morgan fingerprint density at radius 2 is 1.77 bits per heavy atom. The van der Waals surface area contributed by atoms with Crippen LogP contribution >= 0.6 is 0 Å². The minimum atomic E-state index is -0.0869. The summed E-state index contributed by atoms with van der Waals surface area (Å²) in [7, 11) is 0. The molecule has 0 atom stereocenters. The van der Waals surface area contributed by atoms with E-state index in [1.165, 1.54) is 0 Å². The largest absolute Gasteiger partial charge is 0.489 e. The van der Waals surface area contributed by atoms with E-state index in [9.17, 15) is 0 Å². The summed E-state index contributed by atoms with van der Waals surface area (Å²) in [6.07, 6.45) is 5.91. The van der Waals surface area contributed by atoms with Crippen molar-refractivity contribution in [3.8, 4) is 17.6 Å². The summed E-state index contributed by atoms with van der Waals surface area (Å²) in [4.78, 5) is 4.36. The second kappa shape index (κ2) is 8.88. The molecule has 0 amide bonds. The smallest absolute Gasteiger partial charge is 0.138 e. The van der Waals surface area contributed by atoms with Gasteiger partial charge in [-0.15, -0.1) is 0 Å². The van der Waals surface area contributed by atoms with Crippen LogP contribution in [0.1, 0.15) is 72.9 Å². The maximum Gasteiger partial charge on any atom is 0.138 e. The Hall–Kier alpha value is -1.57. The molecule has 1 aromatic rings. The number of ether oxygens (including phenoxy) is 3. The first-order valence-electron chi connectivity index (χ1n) is 9.54. The van der Waals surface area contributed by atoms with Crippen LogP contribution in [-0.2, 0) is 9.47 Å². The number of pyridine rings is 1. The van der Waals surface area contributed by atoms with Gasteiger partial charge in [-0.05, 0) is 66.0 Å². The van der Waals surface area contributed by atoms with Gasteiger partial charge >= 0.3 is 0 Å². The molecule has 0 bridgehead atoms. The van der Waals surface area contributed by atoms with Gasteiger partial charge in [0.1, 0.15) is 17.5 Å². The van der Waals surface area contributed by atoms with E-state index in [1.54, 1.807) is 6.20 Å². The van der Waals surface area contributed by atoms with Crippen LogP contribution in [0, 0.1) is 11.8 Å². The highest BCUT2D eigenvalue weighted by Crippen LogP contribution is 2.30. The van der Waals surface area contributed by atoms with E-state index in [0.717, 1.165) is 43.7 Å². The van der Waals surface area contributed by atoms with E-state index < -0.39 is 0 Å². The van der Waals surface area contributed by atoms with E-state index in [0.29, 0.717) is 6.10 Å². The zero-order valence-electron chi connectivity index (χ0n) is 17.1. The fourth-order valence-corrected chi connectivity index (χ4v) is 2.62. The monoisotopic (exact) mass is 359 g/mol. The Morgan fingerprint density at radius 1 is 1.04 bits per heavy atom. The van der Waals surface area contributed by atoms with Crippen molar-refractivity contribution in [3.63, 3.8) is 0 Å². The molecule has 144 valence electrons. The average molecular weight is 360 g/mol. The zero-order chi connectivity index (χ0) is 19.2. The van der Waals surface area contributed by atoms with Crippen LogP contribution in [0.15, 0.2) is 18.3 Å². The number of hydrogen-bond acceptors (Lipinski definition) is 4. The minimum Gasteiger partial charge on any atom is -0.489 e. The van der Waals surface area contributed by atoms with Gasteiger partial charge < -0.3 is 14.2 Å². The SMILES string of the molecule is CC(C)(C)OCCCC#Cc1ccc(OC2CC(OC(C)(C)C)C2)cn1. The maximum atomic E-state index is 5.93. The van der Waals surface area contributed by atoms with Crippen molar-refractivity contribution in [2.75, 3.05) is 6.61 Å². The summed E-state index contributed by atoms with van der Waals surface area (Å²) in [6, 6.07) is 3.85. The van der Waals surface area contributed by atoms with Gasteiger partial charge in [-0.1, -0.05) is 5.92 Å². The van der Waals surface area contributed by atoms with Crippen molar-refractivity contribution in [3.05, 3.63) is 24.0 Å². The van der Waals surface area contributed by atoms with E-state index in [1.807, 2.05) is 12.1 Å². The lowest BCUT2D eigenvalue weighted by Gasteiger charge is -2.39. The average Bonchev–Trinajstić information content (AvgIpc) is 2.48. The standard InChI is InChI=1S/C22H33NO3/c1-21(2,3)24-13-9-7-8-10-17-11-12-18(16-23-17)25-19-14-20(15-19)26-22(4,5)6/h11-12,16,19-20H,7,9,13-15H2,1-6H3. The normalized spacial score (nSPS) is 20.1. The van der Waals surface area contributed by atoms with E-state index >= 15 is 0 Å². The summed E-state index contributed by atoms with van der Waals surface area (Å²) < 4.78 is 17.5. The van der Waals surface area contributed by atoms with Crippen molar-refractivity contribution in [1.29, 1.82) is 0 Å². The highest BCUT2D eigenvalue weighted by molar-refractivity contribution is 5.31. The molecule has 1 aliphatic carbocycles. The third kappa shape index (κ3) is 8.21. The fourth-order valence-electron chi connectivity index (χ4n) is 2.62. The van der Waals surface area contributed by atoms with Crippen molar-refractivity contribution >= 4 is 0 Å². The van der Waals surface area contributed by atoms with Crippen LogP contribution in [0.4, 0.5) is 0 Å². The maximum absolute atomic E-state index is 5.93. The lowest BCUT2D eigenvalue weighted by molar-refractivity contribution is -0.126. The molecule has 0 aliphatic heterocycles. The molecule has 0 N–H and O–H groups in total. The molecule has 0 aromatic carbocycles. The van der Waals surface area contributed by atoms with Crippen molar-refractivity contribution in [2.24, 2.45) is 0 Å². The lowest BCUT2D eigenvalue weighted by Crippen LogP contribution is -2.43. The lowest BCUT2D eigenvalue weighted by atomic mass is 9.91. The first-order valence-corrected chi connectivity index (χ1v) is 9.54. The van der Waals surface area contributed by atoms with E-state index in [-0.39, 0.29) is 17.3 Å². The predicted octanol–water partition coefficient (Wildman–Crippen LogP) is 4.75. The molecule has 26 heavy (non-hydrogen) atoms. The van der Waals surface area contributed by atoms with Gasteiger partial charge in [0.25, 0.3) is 0 Å². The highest BCUT2D eigenvalue weighted by atomic mass is 16.5. The minimum absolute atomic E-state index is 0.0792. The van der Waals surface area contributed by atoms with Gasteiger partial charge in [0, 0.05) is 25.9 Å². The molecule has 1 aromatic heterocycles. The zero-order valence-corrected chi connectivity index (χ0v) is 17.1. The Kier molecular flexibility index (Phi) is 7.08. The molecule has 0 radical (unpaired) electrons. The summed E-state index contributed by atoms with van der Waals surface area (Å²) in [5.41, 5.74) is 0.609. The van der Waals surface area contributed by atoms with Crippen LogP contribution in [0.25, 0.3) is 0 Å². The Bertz CT molecular complexity index is 608. The highest BCUT2D eigenvalue weighted by Gasteiger charge is 2.34. The van der Waals surface area contributed by atoms with Gasteiger partial charge in [-0.3, -0.25) is 0 Å². The molecule has 0 spiro atoms. The molecule has 0 unspecified atom stereocenters. The molecule has 4 heteroatoms. The number of hydrogen-bond donors (Lipinski definition) is 0. The van der Waals surface area contributed by atoms with Gasteiger partial charge in [-0.25, -0.2) is 4.98 Å². The molecule has 1 heterocycles. The van der Waals surface area contributed by atoms with Crippen LogP contribution < -0.4 is 4.74 Å². The molecule has 1 aliphatic rings. The van der Waals surface area contributed by atoms with Crippen molar-refractivity contribution < 1.29 is 14.2 Å². The topological polar surface area (TPSA) is 40.6 Å². The van der Waals surface area contributed by atoms with Crippen LogP contribution in [0.5, 0.6) is 5.75 Å². The Morgan fingerprint density at radius 3 is 2.35 bits per heavy atom. The number of aromatic nitrogens is 1. The van der Waals surface area contributed by atoms with E-state index in [4.69, 9.17) is 14.2 Å². The molecule has 0 saturated heterocycles. The summed E-state index contributed by atoms with van der Waals surface area (Å²) >= 11 is 0. The fraction of sp³-hybridized carbons (Fsp3) is 0.682.